The van der Waals surface area contributed by atoms with Gasteiger partial charge in [-0.1, -0.05) is 90.4 Å². The second-order valence-electron chi connectivity index (χ2n) is 7.92. The molecule has 0 aromatic rings. The first kappa shape index (κ1) is 20.9. The molecule has 1 saturated carbocycles. The van der Waals surface area contributed by atoms with Crippen LogP contribution in [0.2, 0.25) is 0 Å². The molecule has 0 aliphatic heterocycles. The highest BCUT2D eigenvalue weighted by molar-refractivity contribution is 4.62. The predicted molar refractivity (Wildman–Crippen MR) is 97.4 cm³/mol. The molecule has 0 N–H and O–H groups in total. The molecule has 0 aromatic heterocycles. The van der Waals surface area contributed by atoms with Crippen molar-refractivity contribution in [2.24, 2.45) is 5.92 Å². The Kier molecular flexibility index (Phi) is 12.9. The van der Waals surface area contributed by atoms with Crippen molar-refractivity contribution >= 4 is 0 Å². The Bertz CT molecular complexity index is 254. The SMILES string of the molecule is CC1CCCCCC(F)CCCCCCCCCC(F)CCC1. The van der Waals surface area contributed by atoms with Gasteiger partial charge in [0.2, 0.25) is 0 Å². The van der Waals surface area contributed by atoms with Crippen molar-refractivity contribution in [3.05, 3.63) is 0 Å². The zero-order valence-electron chi connectivity index (χ0n) is 15.5. The molecule has 1 aliphatic rings. The quantitative estimate of drug-likeness (QED) is 0.423. The summed E-state index contributed by atoms with van der Waals surface area (Å²) in [5, 5.41) is 0. The van der Waals surface area contributed by atoms with Crippen LogP contribution in [0.5, 0.6) is 0 Å². The van der Waals surface area contributed by atoms with Gasteiger partial charge in [0.05, 0.1) is 0 Å². The topological polar surface area (TPSA) is 0 Å². The van der Waals surface area contributed by atoms with Crippen LogP contribution in [0, 0.1) is 5.92 Å². The molecular formula is C21H40F2. The van der Waals surface area contributed by atoms with Crippen molar-refractivity contribution in [1.29, 1.82) is 0 Å². The first-order valence-corrected chi connectivity index (χ1v) is 10.5. The van der Waals surface area contributed by atoms with Crippen molar-refractivity contribution < 1.29 is 8.78 Å². The van der Waals surface area contributed by atoms with Crippen LogP contribution in [0.4, 0.5) is 8.78 Å². The highest BCUT2D eigenvalue weighted by Crippen LogP contribution is 2.21. The Hall–Kier alpha value is -0.140. The summed E-state index contributed by atoms with van der Waals surface area (Å²) in [4.78, 5) is 0. The predicted octanol–water partition coefficient (Wildman–Crippen LogP) is 7.94. The second kappa shape index (κ2) is 14.2. The summed E-state index contributed by atoms with van der Waals surface area (Å²) >= 11 is 0. The van der Waals surface area contributed by atoms with E-state index in [9.17, 15) is 8.78 Å². The second-order valence-corrected chi connectivity index (χ2v) is 7.92. The average Bonchev–Trinajstić information content (AvgIpc) is 2.52. The third-order valence-corrected chi connectivity index (χ3v) is 5.46. The third kappa shape index (κ3) is 12.9. The fourth-order valence-electron chi connectivity index (χ4n) is 3.77. The zero-order valence-corrected chi connectivity index (χ0v) is 15.5. The smallest absolute Gasteiger partial charge is 0.100 e. The molecule has 138 valence electrons. The highest BCUT2D eigenvalue weighted by atomic mass is 19.1. The lowest BCUT2D eigenvalue weighted by atomic mass is 9.95. The molecule has 1 aliphatic carbocycles. The molecule has 0 heterocycles. The van der Waals surface area contributed by atoms with Gasteiger partial charge in [0.1, 0.15) is 12.3 Å². The maximum Gasteiger partial charge on any atom is 0.100 e. The van der Waals surface area contributed by atoms with E-state index in [-0.39, 0.29) is 0 Å². The lowest BCUT2D eigenvalue weighted by Crippen LogP contribution is -2.03. The molecule has 0 saturated heterocycles. The Morgan fingerprint density at radius 3 is 1.26 bits per heavy atom. The molecule has 0 aromatic carbocycles. The van der Waals surface area contributed by atoms with E-state index >= 15 is 0 Å². The van der Waals surface area contributed by atoms with E-state index < -0.39 is 12.3 Å². The van der Waals surface area contributed by atoms with Crippen LogP contribution in [-0.2, 0) is 0 Å². The third-order valence-electron chi connectivity index (χ3n) is 5.46. The van der Waals surface area contributed by atoms with Crippen LogP contribution in [0.1, 0.15) is 116 Å². The number of halogens is 2. The Morgan fingerprint density at radius 2 is 0.739 bits per heavy atom. The van der Waals surface area contributed by atoms with Crippen molar-refractivity contribution in [2.45, 2.75) is 128 Å². The first-order chi connectivity index (χ1) is 11.2. The van der Waals surface area contributed by atoms with Gasteiger partial charge < -0.3 is 0 Å². The maximum absolute atomic E-state index is 13.8. The molecule has 0 bridgehead atoms. The number of hydrogen-bond donors (Lipinski definition) is 0. The minimum Gasteiger partial charge on any atom is -0.247 e. The minimum absolute atomic E-state index is 0.570. The van der Waals surface area contributed by atoms with Crippen LogP contribution in [0.15, 0.2) is 0 Å². The van der Waals surface area contributed by atoms with Gasteiger partial charge in [-0.3, -0.25) is 0 Å². The number of rotatable bonds is 0. The first-order valence-electron chi connectivity index (χ1n) is 10.5. The van der Waals surface area contributed by atoms with E-state index in [2.05, 4.69) is 6.92 Å². The van der Waals surface area contributed by atoms with E-state index in [1.165, 1.54) is 44.9 Å². The lowest BCUT2D eigenvalue weighted by Gasteiger charge is -2.13. The van der Waals surface area contributed by atoms with Gasteiger partial charge in [-0.2, -0.15) is 0 Å². The average molecular weight is 331 g/mol. The van der Waals surface area contributed by atoms with Crippen LogP contribution in [0.25, 0.3) is 0 Å². The molecule has 23 heavy (non-hydrogen) atoms. The minimum atomic E-state index is -0.575. The maximum atomic E-state index is 13.8. The van der Waals surface area contributed by atoms with Crippen molar-refractivity contribution in [1.82, 2.24) is 0 Å². The van der Waals surface area contributed by atoms with E-state index in [1.807, 2.05) is 0 Å². The van der Waals surface area contributed by atoms with Gasteiger partial charge in [0.15, 0.2) is 0 Å². The van der Waals surface area contributed by atoms with Gasteiger partial charge in [-0.15, -0.1) is 0 Å². The molecule has 0 spiro atoms. The van der Waals surface area contributed by atoms with E-state index in [0.29, 0.717) is 5.92 Å². The van der Waals surface area contributed by atoms with Gasteiger partial charge in [0.25, 0.3) is 0 Å². The Balaban J connectivity index is 2.22. The number of alkyl halides is 2. The van der Waals surface area contributed by atoms with Crippen molar-refractivity contribution in [3.63, 3.8) is 0 Å². The summed E-state index contributed by atoms with van der Waals surface area (Å²) in [6.07, 6.45) is 16.9. The lowest BCUT2D eigenvalue weighted by molar-refractivity contribution is 0.268. The fourth-order valence-corrected chi connectivity index (χ4v) is 3.77. The van der Waals surface area contributed by atoms with Crippen LogP contribution in [0.3, 0.4) is 0 Å². The summed E-state index contributed by atoms with van der Waals surface area (Å²) in [5.74, 6) is 0.703. The number of hydrogen-bond acceptors (Lipinski definition) is 0. The molecule has 1 rings (SSSR count). The van der Waals surface area contributed by atoms with E-state index in [1.54, 1.807) is 0 Å². The van der Waals surface area contributed by atoms with Crippen LogP contribution < -0.4 is 0 Å². The molecule has 0 amide bonds. The molecule has 3 unspecified atom stereocenters. The zero-order chi connectivity index (χ0) is 16.8. The standard InChI is InChI=1S/C21H40F2/c1-19-13-8-7-11-17-20(22)15-9-5-3-2-4-6-10-16-21(23)18-12-14-19/h19-21H,2-18H2,1H3. The van der Waals surface area contributed by atoms with Crippen LogP contribution in [-0.4, -0.2) is 12.3 Å². The molecule has 2 heteroatoms. The molecule has 1 fully saturated rings. The summed E-state index contributed by atoms with van der Waals surface area (Å²) in [6, 6.07) is 0. The molecule has 0 radical (unpaired) electrons. The van der Waals surface area contributed by atoms with Gasteiger partial charge in [-0.25, -0.2) is 8.78 Å². The highest BCUT2D eigenvalue weighted by Gasteiger charge is 2.10. The fraction of sp³-hybridized carbons (Fsp3) is 1.00. The van der Waals surface area contributed by atoms with Crippen molar-refractivity contribution in [2.75, 3.05) is 0 Å². The normalized spacial score (nSPS) is 32.2. The van der Waals surface area contributed by atoms with Gasteiger partial charge >= 0.3 is 0 Å². The van der Waals surface area contributed by atoms with Gasteiger partial charge in [0, 0.05) is 0 Å². The van der Waals surface area contributed by atoms with Crippen molar-refractivity contribution in [3.8, 4) is 0 Å². The molecule has 3 atom stereocenters. The summed E-state index contributed by atoms with van der Waals surface area (Å²) in [7, 11) is 0. The summed E-state index contributed by atoms with van der Waals surface area (Å²) in [6.45, 7) is 2.29. The van der Waals surface area contributed by atoms with Gasteiger partial charge in [-0.05, 0) is 31.6 Å². The Morgan fingerprint density at radius 1 is 0.435 bits per heavy atom. The summed E-state index contributed by atoms with van der Waals surface area (Å²) in [5.41, 5.74) is 0. The monoisotopic (exact) mass is 330 g/mol. The van der Waals surface area contributed by atoms with E-state index in [0.717, 1.165) is 64.2 Å². The van der Waals surface area contributed by atoms with Crippen LogP contribution >= 0.6 is 0 Å². The summed E-state index contributed by atoms with van der Waals surface area (Å²) < 4.78 is 27.6. The Labute approximate surface area is 143 Å². The molecular weight excluding hydrogens is 290 g/mol. The largest absolute Gasteiger partial charge is 0.247 e. The molecule has 0 nitrogen and oxygen atoms in total. The van der Waals surface area contributed by atoms with E-state index in [4.69, 9.17) is 0 Å².